The standard InChI is InChI=1S/C22H40N4O5S/c1-4-31-22(28)19-9-8-12-25(17-19)21(27)18(2)24-13-15-26(16-14-24)32(29,30)23(3)20-10-6-5-7-11-20/h18-20H,4-17H2,1-3H3. The van der Waals surface area contributed by atoms with E-state index in [1.165, 1.54) is 6.42 Å². The predicted molar refractivity (Wildman–Crippen MR) is 122 cm³/mol. The molecular formula is C22H40N4O5S. The number of ether oxygens (including phenoxy) is 1. The second-order valence-electron chi connectivity index (χ2n) is 9.30. The van der Waals surface area contributed by atoms with Crippen molar-refractivity contribution in [1.29, 1.82) is 0 Å². The first kappa shape index (κ1) is 25.4. The summed E-state index contributed by atoms with van der Waals surface area (Å²) in [6.07, 6.45) is 6.78. The molecule has 1 saturated carbocycles. The molecule has 0 radical (unpaired) electrons. The molecule has 0 aromatic rings. The molecule has 2 atom stereocenters. The molecule has 0 spiro atoms. The number of carbonyl (C=O) groups excluding carboxylic acids is 2. The normalized spacial score (nSPS) is 25.6. The molecule has 2 unspecified atom stereocenters. The Kier molecular flexibility index (Phi) is 8.94. The van der Waals surface area contributed by atoms with E-state index in [-0.39, 0.29) is 29.9 Å². The summed E-state index contributed by atoms with van der Waals surface area (Å²) < 4.78 is 34.5. The van der Waals surface area contributed by atoms with E-state index in [9.17, 15) is 18.0 Å². The van der Waals surface area contributed by atoms with Gasteiger partial charge in [0.25, 0.3) is 10.2 Å². The summed E-state index contributed by atoms with van der Waals surface area (Å²) >= 11 is 0. The molecule has 3 aliphatic rings. The van der Waals surface area contributed by atoms with Gasteiger partial charge >= 0.3 is 5.97 Å². The Labute approximate surface area is 193 Å². The van der Waals surface area contributed by atoms with Crippen molar-refractivity contribution < 1.29 is 22.7 Å². The lowest BCUT2D eigenvalue weighted by molar-refractivity contribution is -0.152. The number of amides is 1. The molecule has 3 fully saturated rings. The minimum atomic E-state index is -3.48. The highest BCUT2D eigenvalue weighted by atomic mass is 32.2. The first-order valence-corrected chi connectivity index (χ1v) is 13.6. The first-order chi connectivity index (χ1) is 15.3. The van der Waals surface area contributed by atoms with Crippen molar-refractivity contribution in [3.63, 3.8) is 0 Å². The van der Waals surface area contributed by atoms with Gasteiger partial charge in [-0.25, -0.2) is 0 Å². The summed E-state index contributed by atoms with van der Waals surface area (Å²) in [5.74, 6) is -0.467. The molecule has 184 valence electrons. The summed E-state index contributed by atoms with van der Waals surface area (Å²) in [4.78, 5) is 29.0. The lowest BCUT2D eigenvalue weighted by Crippen LogP contribution is -2.58. The fraction of sp³-hybridized carbons (Fsp3) is 0.909. The number of piperidine rings is 1. The maximum Gasteiger partial charge on any atom is 0.310 e. The average Bonchev–Trinajstić information content (AvgIpc) is 2.83. The Morgan fingerprint density at radius 2 is 1.66 bits per heavy atom. The Morgan fingerprint density at radius 3 is 2.28 bits per heavy atom. The maximum absolute atomic E-state index is 13.1. The van der Waals surface area contributed by atoms with E-state index in [2.05, 4.69) is 4.90 Å². The fourth-order valence-electron chi connectivity index (χ4n) is 5.19. The van der Waals surface area contributed by atoms with Crippen LogP contribution in [0.4, 0.5) is 0 Å². The number of hydrogen-bond donors (Lipinski definition) is 0. The zero-order valence-electron chi connectivity index (χ0n) is 19.9. The molecule has 0 N–H and O–H groups in total. The Morgan fingerprint density at radius 1 is 1.00 bits per heavy atom. The number of esters is 1. The summed E-state index contributed by atoms with van der Waals surface area (Å²) in [5.41, 5.74) is 0. The van der Waals surface area contributed by atoms with Gasteiger partial charge in [0, 0.05) is 52.4 Å². The quantitative estimate of drug-likeness (QED) is 0.519. The van der Waals surface area contributed by atoms with E-state index in [4.69, 9.17) is 4.74 Å². The molecule has 2 saturated heterocycles. The van der Waals surface area contributed by atoms with Crippen molar-refractivity contribution in [1.82, 2.24) is 18.4 Å². The highest BCUT2D eigenvalue weighted by molar-refractivity contribution is 7.86. The van der Waals surface area contributed by atoms with Gasteiger partial charge in [-0.05, 0) is 39.5 Å². The molecule has 9 nitrogen and oxygen atoms in total. The Bertz CT molecular complexity index is 747. The fourth-order valence-corrected chi connectivity index (χ4v) is 6.76. The smallest absolute Gasteiger partial charge is 0.310 e. The van der Waals surface area contributed by atoms with Gasteiger partial charge in [0.2, 0.25) is 5.91 Å². The number of likely N-dealkylation sites (tertiary alicyclic amines) is 1. The van der Waals surface area contributed by atoms with Crippen molar-refractivity contribution in [3.05, 3.63) is 0 Å². The third-order valence-corrected chi connectivity index (χ3v) is 9.35. The lowest BCUT2D eigenvalue weighted by atomic mass is 9.96. The molecule has 2 aliphatic heterocycles. The van der Waals surface area contributed by atoms with Crippen LogP contribution >= 0.6 is 0 Å². The van der Waals surface area contributed by atoms with E-state index in [1.54, 1.807) is 27.5 Å². The number of rotatable bonds is 7. The van der Waals surface area contributed by atoms with Gasteiger partial charge in [-0.1, -0.05) is 19.3 Å². The summed E-state index contributed by atoms with van der Waals surface area (Å²) in [5, 5.41) is 0. The van der Waals surface area contributed by atoms with Crippen molar-refractivity contribution in [2.75, 3.05) is 52.9 Å². The lowest BCUT2D eigenvalue weighted by Gasteiger charge is -2.41. The molecule has 10 heteroatoms. The topological polar surface area (TPSA) is 90.5 Å². The number of hydrogen-bond acceptors (Lipinski definition) is 6. The molecular weight excluding hydrogens is 432 g/mol. The molecule has 2 heterocycles. The number of carbonyl (C=O) groups is 2. The molecule has 0 aromatic heterocycles. The zero-order valence-corrected chi connectivity index (χ0v) is 20.7. The largest absolute Gasteiger partial charge is 0.466 e. The second-order valence-corrected chi connectivity index (χ2v) is 11.3. The van der Waals surface area contributed by atoms with Crippen LogP contribution in [0.5, 0.6) is 0 Å². The van der Waals surface area contributed by atoms with E-state index < -0.39 is 10.2 Å². The number of piperazine rings is 1. The minimum Gasteiger partial charge on any atom is -0.466 e. The van der Waals surface area contributed by atoms with E-state index >= 15 is 0 Å². The van der Waals surface area contributed by atoms with Gasteiger partial charge in [0.1, 0.15) is 0 Å². The number of nitrogens with zero attached hydrogens (tertiary/aromatic N) is 4. The Hall–Kier alpha value is -1.23. The zero-order chi connectivity index (χ0) is 23.3. The molecule has 3 rings (SSSR count). The maximum atomic E-state index is 13.1. The van der Waals surface area contributed by atoms with Gasteiger partial charge in [0.15, 0.2) is 0 Å². The van der Waals surface area contributed by atoms with Crippen LogP contribution in [0.25, 0.3) is 0 Å². The van der Waals surface area contributed by atoms with Crippen LogP contribution in [0.2, 0.25) is 0 Å². The van der Waals surface area contributed by atoms with Crippen molar-refractivity contribution in [3.8, 4) is 0 Å². The monoisotopic (exact) mass is 472 g/mol. The van der Waals surface area contributed by atoms with Crippen LogP contribution in [0.3, 0.4) is 0 Å². The predicted octanol–water partition coefficient (Wildman–Crippen LogP) is 1.30. The molecule has 0 aromatic carbocycles. The molecule has 1 aliphatic carbocycles. The SMILES string of the molecule is CCOC(=O)C1CCCN(C(=O)C(C)N2CCN(S(=O)(=O)N(C)C3CCCCC3)CC2)C1. The van der Waals surface area contributed by atoms with E-state index in [0.29, 0.717) is 45.9 Å². The summed E-state index contributed by atoms with van der Waals surface area (Å²) in [7, 11) is -1.77. The van der Waals surface area contributed by atoms with Crippen LogP contribution in [0.1, 0.15) is 58.8 Å². The third-order valence-electron chi connectivity index (χ3n) is 7.31. The Balaban J connectivity index is 1.52. The third kappa shape index (κ3) is 5.81. The van der Waals surface area contributed by atoms with Gasteiger partial charge in [-0.3, -0.25) is 14.5 Å². The molecule has 1 amide bonds. The first-order valence-electron chi connectivity index (χ1n) is 12.2. The van der Waals surface area contributed by atoms with Gasteiger partial charge in [-0.2, -0.15) is 17.0 Å². The van der Waals surface area contributed by atoms with Crippen LogP contribution in [-0.4, -0.2) is 104 Å². The van der Waals surface area contributed by atoms with Gasteiger partial charge < -0.3 is 9.64 Å². The summed E-state index contributed by atoms with van der Waals surface area (Å²) in [6, 6.07) is -0.240. The van der Waals surface area contributed by atoms with Crippen LogP contribution < -0.4 is 0 Å². The van der Waals surface area contributed by atoms with Crippen LogP contribution in [0.15, 0.2) is 0 Å². The molecule has 0 bridgehead atoms. The van der Waals surface area contributed by atoms with Crippen molar-refractivity contribution >= 4 is 22.1 Å². The molecule has 32 heavy (non-hydrogen) atoms. The van der Waals surface area contributed by atoms with Crippen LogP contribution in [-0.2, 0) is 24.5 Å². The van der Waals surface area contributed by atoms with E-state index in [1.807, 2.05) is 6.92 Å². The highest BCUT2D eigenvalue weighted by Gasteiger charge is 2.38. The average molecular weight is 473 g/mol. The van der Waals surface area contributed by atoms with Crippen molar-refractivity contribution in [2.45, 2.75) is 70.9 Å². The van der Waals surface area contributed by atoms with Gasteiger partial charge in [0.05, 0.1) is 18.6 Å². The highest BCUT2D eigenvalue weighted by Crippen LogP contribution is 2.26. The van der Waals surface area contributed by atoms with Crippen LogP contribution in [0, 0.1) is 5.92 Å². The minimum absolute atomic E-state index is 0.00892. The van der Waals surface area contributed by atoms with E-state index in [0.717, 1.165) is 38.5 Å². The second kappa shape index (κ2) is 11.3. The van der Waals surface area contributed by atoms with Crippen molar-refractivity contribution in [2.24, 2.45) is 5.92 Å². The summed E-state index contributed by atoms with van der Waals surface area (Å²) in [6.45, 7) is 6.92. The van der Waals surface area contributed by atoms with Gasteiger partial charge in [-0.15, -0.1) is 0 Å².